The predicted molar refractivity (Wildman–Crippen MR) is 106 cm³/mol. The molecule has 1 N–H and O–H groups in total. The van der Waals surface area contributed by atoms with Crippen molar-refractivity contribution in [1.82, 2.24) is 9.38 Å². The lowest BCUT2D eigenvalue weighted by atomic mass is 10.1. The molecule has 5 heteroatoms. The van der Waals surface area contributed by atoms with Crippen LogP contribution >= 0.6 is 0 Å². The molecule has 4 aromatic rings. The number of nitrogens with one attached hydrogen (secondary N) is 1. The number of carbonyl (C=O) groups excluding carboxylic acids is 1. The Morgan fingerprint density at radius 3 is 2.56 bits per heavy atom. The van der Waals surface area contributed by atoms with Crippen molar-refractivity contribution in [2.24, 2.45) is 0 Å². The summed E-state index contributed by atoms with van der Waals surface area (Å²) in [4.78, 5) is 17.3. The average molecular weight is 357 g/mol. The van der Waals surface area contributed by atoms with Gasteiger partial charge in [0.05, 0.1) is 11.4 Å². The molecule has 1 amide bonds. The maximum atomic E-state index is 12.6. The van der Waals surface area contributed by atoms with Gasteiger partial charge in [0.1, 0.15) is 11.4 Å². The quantitative estimate of drug-likeness (QED) is 0.576. The number of carbonyl (C=O) groups is 1. The van der Waals surface area contributed by atoms with E-state index < -0.39 is 6.10 Å². The molecule has 0 saturated heterocycles. The Morgan fingerprint density at radius 1 is 1.00 bits per heavy atom. The molecule has 134 valence electrons. The number of aromatic nitrogens is 2. The van der Waals surface area contributed by atoms with Crippen molar-refractivity contribution in [3.05, 3.63) is 85.2 Å². The van der Waals surface area contributed by atoms with Gasteiger partial charge in [-0.1, -0.05) is 42.5 Å². The molecule has 0 fully saturated rings. The number of amides is 1. The molecule has 0 aliphatic rings. The van der Waals surface area contributed by atoms with Crippen LogP contribution in [0.25, 0.3) is 16.9 Å². The standard InChI is InChI=1S/C22H19N3O2/c1-16(27-17-9-3-2-4-10-17)22(26)24-19-12-6-5-11-18(19)20-15-25-14-8-7-13-21(25)23-20/h2-16H,1H3,(H,24,26). The molecule has 4 rings (SSSR count). The first kappa shape index (κ1) is 16.8. The molecule has 1 unspecified atom stereocenters. The van der Waals surface area contributed by atoms with Gasteiger partial charge in [-0.15, -0.1) is 0 Å². The Hall–Kier alpha value is -3.60. The van der Waals surface area contributed by atoms with E-state index in [0.717, 1.165) is 16.9 Å². The lowest BCUT2D eigenvalue weighted by Gasteiger charge is -2.16. The van der Waals surface area contributed by atoms with E-state index >= 15 is 0 Å². The smallest absolute Gasteiger partial charge is 0.265 e. The van der Waals surface area contributed by atoms with Crippen molar-refractivity contribution in [3.8, 4) is 17.0 Å². The van der Waals surface area contributed by atoms with Crippen molar-refractivity contribution in [2.45, 2.75) is 13.0 Å². The van der Waals surface area contributed by atoms with Gasteiger partial charge >= 0.3 is 0 Å². The third kappa shape index (κ3) is 3.67. The highest BCUT2D eigenvalue weighted by Gasteiger charge is 2.17. The highest BCUT2D eigenvalue weighted by molar-refractivity contribution is 5.97. The largest absolute Gasteiger partial charge is 0.481 e. The minimum absolute atomic E-state index is 0.213. The third-order valence-electron chi connectivity index (χ3n) is 4.25. The molecule has 2 aromatic heterocycles. The third-order valence-corrected chi connectivity index (χ3v) is 4.25. The van der Waals surface area contributed by atoms with Crippen LogP contribution in [0.2, 0.25) is 0 Å². The number of anilines is 1. The van der Waals surface area contributed by atoms with E-state index in [1.54, 1.807) is 6.92 Å². The molecule has 0 saturated carbocycles. The van der Waals surface area contributed by atoms with Gasteiger partial charge in [0.25, 0.3) is 5.91 Å². The van der Waals surface area contributed by atoms with Gasteiger partial charge in [0.2, 0.25) is 0 Å². The minimum Gasteiger partial charge on any atom is -0.481 e. The molecule has 0 bridgehead atoms. The van der Waals surface area contributed by atoms with Crippen molar-refractivity contribution in [1.29, 1.82) is 0 Å². The minimum atomic E-state index is -0.624. The monoisotopic (exact) mass is 357 g/mol. The van der Waals surface area contributed by atoms with Gasteiger partial charge in [-0.3, -0.25) is 4.79 Å². The number of hydrogen-bond donors (Lipinski definition) is 1. The number of benzene rings is 2. The fourth-order valence-electron chi connectivity index (χ4n) is 2.87. The second kappa shape index (κ2) is 7.33. The zero-order chi connectivity index (χ0) is 18.6. The van der Waals surface area contributed by atoms with E-state index in [9.17, 15) is 4.79 Å². The number of ether oxygens (including phenoxy) is 1. The van der Waals surface area contributed by atoms with Crippen LogP contribution in [0.3, 0.4) is 0 Å². The lowest BCUT2D eigenvalue weighted by Crippen LogP contribution is -2.30. The SMILES string of the molecule is CC(Oc1ccccc1)C(=O)Nc1ccccc1-c1cn2ccccc2n1. The number of hydrogen-bond acceptors (Lipinski definition) is 3. The Balaban J connectivity index is 1.56. The van der Waals surface area contributed by atoms with Crippen LogP contribution in [0.5, 0.6) is 5.75 Å². The number of para-hydroxylation sites is 2. The highest BCUT2D eigenvalue weighted by atomic mass is 16.5. The van der Waals surface area contributed by atoms with Crippen LogP contribution in [0.1, 0.15) is 6.92 Å². The molecular formula is C22H19N3O2. The Bertz CT molecular complexity index is 1040. The van der Waals surface area contributed by atoms with Crippen LogP contribution < -0.4 is 10.1 Å². The highest BCUT2D eigenvalue weighted by Crippen LogP contribution is 2.27. The zero-order valence-electron chi connectivity index (χ0n) is 14.9. The van der Waals surface area contributed by atoms with Crippen molar-refractivity contribution in [2.75, 3.05) is 5.32 Å². The molecule has 27 heavy (non-hydrogen) atoms. The van der Waals surface area contributed by atoms with Crippen LogP contribution in [0.4, 0.5) is 5.69 Å². The molecule has 2 aromatic carbocycles. The first-order chi connectivity index (χ1) is 13.2. The lowest BCUT2D eigenvalue weighted by molar-refractivity contribution is -0.122. The fraction of sp³-hybridized carbons (Fsp3) is 0.0909. The van der Waals surface area contributed by atoms with Crippen LogP contribution in [-0.4, -0.2) is 21.4 Å². The average Bonchev–Trinajstić information content (AvgIpc) is 3.13. The van der Waals surface area contributed by atoms with E-state index in [1.165, 1.54) is 0 Å². The van der Waals surface area contributed by atoms with Gasteiger partial charge in [0, 0.05) is 18.0 Å². The van der Waals surface area contributed by atoms with Gasteiger partial charge in [-0.25, -0.2) is 4.98 Å². The van der Waals surface area contributed by atoms with Gasteiger partial charge in [-0.05, 0) is 37.3 Å². The zero-order valence-corrected chi connectivity index (χ0v) is 14.9. The Morgan fingerprint density at radius 2 is 1.74 bits per heavy atom. The van der Waals surface area contributed by atoms with Gasteiger partial charge in [-0.2, -0.15) is 0 Å². The molecule has 1 atom stereocenters. The summed E-state index contributed by atoms with van der Waals surface area (Å²) in [5.74, 6) is 0.448. The van der Waals surface area contributed by atoms with E-state index in [2.05, 4.69) is 10.3 Å². The molecule has 2 heterocycles. The first-order valence-electron chi connectivity index (χ1n) is 8.76. The number of imidazole rings is 1. The number of pyridine rings is 1. The van der Waals surface area contributed by atoms with Crippen LogP contribution in [-0.2, 0) is 4.79 Å². The summed E-state index contributed by atoms with van der Waals surface area (Å²) in [5.41, 5.74) is 3.22. The molecule has 0 aliphatic carbocycles. The maximum Gasteiger partial charge on any atom is 0.265 e. The molecule has 0 aliphatic heterocycles. The Labute approximate surface area is 157 Å². The summed E-state index contributed by atoms with van der Waals surface area (Å²) in [6, 6.07) is 22.8. The van der Waals surface area contributed by atoms with Crippen molar-refractivity contribution in [3.63, 3.8) is 0 Å². The molecule has 5 nitrogen and oxygen atoms in total. The Kier molecular flexibility index (Phi) is 4.58. The fourth-order valence-corrected chi connectivity index (χ4v) is 2.87. The summed E-state index contributed by atoms with van der Waals surface area (Å²) in [6.07, 6.45) is 3.27. The molecular weight excluding hydrogens is 338 g/mol. The summed E-state index contributed by atoms with van der Waals surface area (Å²) < 4.78 is 7.66. The molecule has 0 spiro atoms. The van der Waals surface area contributed by atoms with E-state index in [-0.39, 0.29) is 5.91 Å². The topological polar surface area (TPSA) is 55.6 Å². The number of rotatable bonds is 5. The van der Waals surface area contributed by atoms with Crippen molar-refractivity contribution >= 4 is 17.2 Å². The summed E-state index contributed by atoms with van der Waals surface area (Å²) in [6.45, 7) is 1.73. The summed E-state index contributed by atoms with van der Waals surface area (Å²) in [5, 5.41) is 2.96. The second-order valence-corrected chi connectivity index (χ2v) is 6.20. The maximum absolute atomic E-state index is 12.6. The summed E-state index contributed by atoms with van der Waals surface area (Å²) in [7, 11) is 0. The van der Waals surface area contributed by atoms with E-state index in [0.29, 0.717) is 11.4 Å². The van der Waals surface area contributed by atoms with Crippen LogP contribution in [0.15, 0.2) is 85.2 Å². The predicted octanol–water partition coefficient (Wildman–Crippen LogP) is 4.41. The second-order valence-electron chi connectivity index (χ2n) is 6.20. The molecule has 0 radical (unpaired) electrons. The van der Waals surface area contributed by atoms with E-state index in [4.69, 9.17) is 4.74 Å². The number of nitrogens with zero attached hydrogens (tertiary/aromatic N) is 2. The first-order valence-corrected chi connectivity index (χ1v) is 8.76. The van der Waals surface area contributed by atoms with Crippen molar-refractivity contribution < 1.29 is 9.53 Å². The number of fused-ring (bicyclic) bond motifs is 1. The van der Waals surface area contributed by atoms with E-state index in [1.807, 2.05) is 89.6 Å². The summed E-state index contributed by atoms with van der Waals surface area (Å²) >= 11 is 0. The van der Waals surface area contributed by atoms with Gasteiger partial charge in [0.15, 0.2) is 6.10 Å². The van der Waals surface area contributed by atoms with Gasteiger partial charge < -0.3 is 14.5 Å². The van der Waals surface area contributed by atoms with Crippen LogP contribution in [0, 0.1) is 0 Å². The normalized spacial score (nSPS) is 11.9.